The van der Waals surface area contributed by atoms with Crippen molar-refractivity contribution in [3.05, 3.63) is 34.3 Å². The van der Waals surface area contributed by atoms with Crippen LogP contribution in [0.25, 0.3) is 0 Å². The van der Waals surface area contributed by atoms with Crippen LogP contribution in [0.4, 0.5) is 0 Å². The molecule has 0 bridgehead atoms. The first-order valence-corrected chi connectivity index (χ1v) is 7.48. The maximum absolute atomic E-state index is 11.9. The van der Waals surface area contributed by atoms with Crippen molar-refractivity contribution < 1.29 is 13.5 Å². The molecule has 0 amide bonds. The van der Waals surface area contributed by atoms with Crippen LogP contribution in [-0.2, 0) is 16.6 Å². The SMILES string of the molecule is CC(CO)S(=O)(=O)N(C)Cc1ccc(Br)cc1. The van der Waals surface area contributed by atoms with Gasteiger partial charge in [-0.2, -0.15) is 0 Å². The van der Waals surface area contributed by atoms with E-state index in [0.717, 1.165) is 10.0 Å². The van der Waals surface area contributed by atoms with Gasteiger partial charge in [0.2, 0.25) is 10.0 Å². The third-order valence-corrected chi connectivity index (χ3v) is 5.21. The Hall–Kier alpha value is -0.430. The minimum Gasteiger partial charge on any atom is -0.395 e. The molecule has 0 aliphatic heterocycles. The van der Waals surface area contributed by atoms with Gasteiger partial charge >= 0.3 is 0 Å². The van der Waals surface area contributed by atoms with Crippen molar-refractivity contribution in [2.24, 2.45) is 0 Å². The standard InChI is InChI=1S/C11H16BrNO3S/c1-9(8-14)17(15,16)13(2)7-10-3-5-11(12)6-4-10/h3-6,9,14H,7-8H2,1-2H3. The summed E-state index contributed by atoms with van der Waals surface area (Å²) in [6, 6.07) is 7.45. The van der Waals surface area contributed by atoms with Gasteiger partial charge in [0.05, 0.1) is 11.9 Å². The fourth-order valence-electron chi connectivity index (χ4n) is 1.34. The Morgan fingerprint density at radius 1 is 1.35 bits per heavy atom. The Kier molecular flexibility index (Phi) is 5.12. The van der Waals surface area contributed by atoms with Crippen molar-refractivity contribution in [1.29, 1.82) is 0 Å². The monoisotopic (exact) mass is 321 g/mol. The second kappa shape index (κ2) is 5.95. The molecule has 96 valence electrons. The van der Waals surface area contributed by atoms with E-state index in [1.165, 1.54) is 18.3 Å². The van der Waals surface area contributed by atoms with Gasteiger partial charge in [0, 0.05) is 18.1 Å². The number of hydrogen-bond donors (Lipinski definition) is 1. The van der Waals surface area contributed by atoms with Crippen LogP contribution in [0.3, 0.4) is 0 Å². The minimum atomic E-state index is -3.43. The predicted molar refractivity (Wildman–Crippen MR) is 71.1 cm³/mol. The summed E-state index contributed by atoms with van der Waals surface area (Å²) in [4.78, 5) is 0. The number of aliphatic hydroxyl groups is 1. The number of rotatable bonds is 5. The molecule has 0 saturated heterocycles. The molecule has 1 aromatic rings. The second-order valence-corrected chi connectivity index (χ2v) is 7.29. The van der Waals surface area contributed by atoms with Gasteiger partial charge in [-0.05, 0) is 24.6 Å². The first-order valence-electron chi connectivity index (χ1n) is 5.18. The van der Waals surface area contributed by atoms with E-state index in [-0.39, 0.29) is 6.61 Å². The van der Waals surface area contributed by atoms with E-state index in [9.17, 15) is 8.42 Å². The molecule has 0 heterocycles. The van der Waals surface area contributed by atoms with Gasteiger partial charge in [-0.3, -0.25) is 0 Å². The lowest BCUT2D eigenvalue weighted by molar-refractivity contribution is 0.290. The van der Waals surface area contributed by atoms with Gasteiger partial charge in [0.1, 0.15) is 0 Å². The first kappa shape index (κ1) is 14.6. The van der Waals surface area contributed by atoms with Crippen LogP contribution in [0.5, 0.6) is 0 Å². The highest BCUT2D eigenvalue weighted by molar-refractivity contribution is 9.10. The molecule has 6 heteroatoms. The molecular formula is C11H16BrNO3S. The van der Waals surface area contributed by atoms with Crippen LogP contribution in [-0.4, -0.2) is 36.7 Å². The summed E-state index contributed by atoms with van der Waals surface area (Å²) >= 11 is 3.32. The number of halogens is 1. The molecule has 1 rings (SSSR count). The van der Waals surface area contributed by atoms with Gasteiger partial charge in [-0.25, -0.2) is 12.7 Å². The maximum Gasteiger partial charge on any atom is 0.219 e. The predicted octanol–water partition coefficient (Wildman–Crippen LogP) is 1.59. The van der Waals surface area contributed by atoms with Crippen molar-refractivity contribution in [1.82, 2.24) is 4.31 Å². The zero-order valence-corrected chi connectivity index (χ0v) is 12.2. The third-order valence-electron chi connectivity index (χ3n) is 2.52. The number of benzene rings is 1. The minimum absolute atomic E-state index is 0.306. The lowest BCUT2D eigenvalue weighted by Gasteiger charge is -2.20. The zero-order chi connectivity index (χ0) is 13.1. The summed E-state index contributed by atoms with van der Waals surface area (Å²) in [5.41, 5.74) is 0.907. The van der Waals surface area contributed by atoms with E-state index in [1.54, 1.807) is 0 Å². The number of sulfonamides is 1. The van der Waals surface area contributed by atoms with Crippen molar-refractivity contribution in [2.75, 3.05) is 13.7 Å². The van der Waals surface area contributed by atoms with E-state index in [2.05, 4.69) is 15.9 Å². The molecule has 0 saturated carbocycles. The second-order valence-electron chi connectivity index (χ2n) is 3.92. The van der Waals surface area contributed by atoms with Crippen molar-refractivity contribution in [3.63, 3.8) is 0 Å². The van der Waals surface area contributed by atoms with Gasteiger partial charge in [-0.15, -0.1) is 0 Å². The summed E-state index contributed by atoms with van der Waals surface area (Å²) in [5.74, 6) is 0. The molecule has 1 N–H and O–H groups in total. The Balaban J connectivity index is 2.79. The summed E-state index contributed by atoms with van der Waals surface area (Å²) in [7, 11) is -1.91. The molecular weight excluding hydrogens is 306 g/mol. The van der Waals surface area contributed by atoms with Crippen LogP contribution >= 0.6 is 15.9 Å². The topological polar surface area (TPSA) is 57.6 Å². The van der Waals surface area contributed by atoms with Crippen molar-refractivity contribution in [3.8, 4) is 0 Å². The van der Waals surface area contributed by atoms with Crippen LogP contribution in [0.1, 0.15) is 12.5 Å². The molecule has 4 nitrogen and oxygen atoms in total. The molecule has 0 aliphatic rings. The molecule has 1 atom stereocenters. The first-order chi connectivity index (χ1) is 7.87. The highest BCUT2D eigenvalue weighted by atomic mass is 79.9. The molecule has 0 radical (unpaired) electrons. The third kappa shape index (κ3) is 3.77. The van der Waals surface area contributed by atoms with E-state index >= 15 is 0 Å². The molecule has 0 aliphatic carbocycles. The lowest BCUT2D eigenvalue weighted by Crippen LogP contribution is -2.35. The normalized spacial score (nSPS) is 13.9. The molecule has 17 heavy (non-hydrogen) atoms. The Bertz CT molecular complexity index is 458. The lowest BCUT2D eigenvalue weighted by atomic mass is 10.2. The average Bonchev–Trinajstić information content (AvgIpc) is 2.30. The van der Waals surface area contributed by atoms with Crippen LogP contribution in [0.2, 0.25) is 0 Å². The largest absolute Gasteiger partial charge is 0.395 e. The number of hydrogen-bond acceptors (Lipinski definition) is 3. The highest BCUT2D eigenvalue weighted by Crippen LogP contribution is 2.14. The fraction of sp³-hybridized carbons (Fsp3) is 0.455. The Morgan fingerprint density at radius 2 is 1.88 bits per heavy atom. The van der Waals surface area contributed by atoms with Crippen LogP contribution in [0, 0.1) is 0 Å². The summed E-state index contributed by atoms with van der Waals surface area (Å²) in [6.07, 6.45) is 0. The Labute approximate surface area is 110 Å². The van der Waals surface area contributed by atoms with Crippen molar-refractivity contribution in [2.45, 2.75) is 18.7 Å². The molecule has 0 fully saturated rings. The fourth-order valence-corrected chi connectivity index (χ4v) is 2.73. The molecule has 1 aromatic carbocycles. The van der Waals surface area contributed by atoms with Gasteiger partial charge in [0.15, 0.2) is 0 Å². The van der Waals surface area contributed by atoms with E-state index < -0.39 is 15.3 Å². The zero-order valence-electron chi connectivity index (χ0n) is 9.80. The number of aliphatic hydroxyl groups excluding tert-OH is 1. The van der Waals surface area contributed by atoms with Gasteiger partial charge < -0.3 is 5.11 Å². The summed E-state index contributed by atoms with van der Waals surface area (Å²) in [6.45, 7) is 1.43. The molecule has 1 unspecified atom stereocenters. The maximum atomic E-state index is 11.9. The van der Waals surface area contributed by atoms with E-state index in [1.807, 2.05) is 24.3 Å². The smallest absolute Gasteiger partial charge is 0.219 e. The van der Waals surface area contributed by atoms with Crippen LogP contribution in [0.15, 0.2) is 28.7 Å². The van der Waals surface area contributed by atoms with E-state index in [0.29, 0.717) is 6.54 Å². The molecule has 0 spiro atoms. The quantitative estimate of drug-likeness (QED) is 0.896. The average molecular weight is 322 g/mol. The number of nitrogens with zero attached hydrogens (tertiary/aromatic N) is 1. The van der Waals surface area contributed by atoms with E-state index in [4.69, 9.17) is 5.11 Å². The Morgan fingerprint density at radius 3 is 2.35 bits per heavy atom. The molecule has 0 aromatic heterocycles. The summed E-state index contributed by atoms with van der Waals surface area (Å²) in [5, 5.41) is 8.13. The summed E-state index contributed by atoms with van der Waals surface area (Å²) < 4.78 is 26.0. The van der Waals surface area contributed by atoms with Gasteiger partial charge in [0.25, 0.3) is 0 Å². The van der Waals surface area contributed by atoms with Crippen molar-refractivity contribution >= 4 is 26.0 Å². The van der Waals surface area contributed by atoms with Crippen LogP contribution < -0.4 is 0 Å². The van der Waals surface area contributed by atoms with Gasteiger partial charge in [-0.1, -0.05) is 28.1 Å². The highest BCUT2D eigenvalue weighted by Gasteiger charge is 2.25.